The van der Waals surface area contributed by atoms with Crippen LogP contribution in [-0.2, 0) is 47.5 Å². The number of aromatic nitrogens is 3. The molecule has 72 heavy (non-hydrogen) atoms. The van der Waals surface area contributed by atoms with E-state index in [-0.39, 0.29) is 35.3 Å². The Kier molecular flexibility index (Phi) is 10.6. The molecule has 6 aromatic rings. The molecule has 1 spiro atoms. The summed E-state index contributed by atoms with van der Waals surface area (Å²) in [6.45, 7) is 10.6. The van der Waals surface area contributed by atoms with Crippen LogP contribution in [0.2, 0.25) is 0 Å². The Morgan fingerprint density at radius 2 is 1.62 bits per heavy atom. The van der Waals surface area contributed by atoms with E-state index in [4.69, 9.17) is 14.5 Å². The van der Waals surface area contributed by atoms with Gasteiger partial charge in [-0.3, -0.25) is 9.78 Å². The summed E-state index contributed by atoms with van der Waals surface area (Å²) < 4.78 is 11.5. The van der Waals surface area contributed by atoms with Crippen molar-refractivity contribution in [1.82, 2.24) is 30.5 Å². The quantitative estimate of drug-likeness (QED) is 0.144. The Morgan fingerprint density at radius 3 is 2.46 bits per heavy atom. The average Bonchev–Trinajstić information content (AvgIpc) is 3.99. The van der Waals surface area contributed by atoms with Gasteiger partial charge in [-0.05, 0) is 193 Å². The van der Waals surface area contributed by atoms with Gasteiger partial charge in [0.2, 0.25) is 0 Å². The van der Waals surface area contributed by atoms with Gasteiger partial charge in [-0.25, -0.2) is 14.8 Å². The number of rotatable bonds is 8. The number of carbonyl (C=O) groups is 2. The first-order valence-electron chi connectivity index (χ1n) is 26.8. The minimum Gasteiger partial charge on any atom is -0.457 e. The Labute approximate surface area is 422 Å². The van der Waals surface area contributed by atoms with Gasteiger partial charge in [0.15, 0.2) is 0 Å². The number of benzene rings is 4. The first-order valence-corrected chi connectivity index (χ1v) is 26.8. The van der Waals surface area contributed by atoms with Crippen LogP contribution in [0.25, 0.3) is 27.8 Å². The molecule has 10 nitrogen and oxygen atoms in total. The maximum atomic E-state index is 14.1. The number of pyridine rings is 1. The number of aryl methyl sites for hydroxylation is 1. The zero-order valence-corrected chi connectivity index (χ0v) is 41.7. The summed E-state index contributed by atoms with van der Waals surface area (Å²) >= 11 is 0. The molecule has 7 heterocycles. The van der Waals surface area contributed by atoms with Gasteiger partial charge in [-0.2, -0.15) is 0 Å². The summed E-state index contributed by atoms with van der Waals surface area (Å²) in [5, 5.41) is 8.05. The van der Waals surface area contributed by atoms with Crippen molar-refractivity contribution in [2.75, 3.05) is 19.7 Å². The van der Waals surface area contributed by atoms with Gasteiger partial charge in [0.25, 0.3) is 5.91 Å². The predicted molar refractivity (Wildman–Crippen MR) is 277 cm³/mol. The first-order chi connectivity index (χ1) is 35.1. The van der Waals surface area contributed by atoms with Crippen LogP contribution in [0, 0.1) is 12.8 Å². The molecule has 4 aromatic carbocycles. The molecule has 10 heteroatoms. The van der Waals surface area contributed by atoms with E-state index >= 15 is 0 Å². The maximum Gasteiger partial charge on any atom is 0.338 e. The SMILES string of the molecule is CC1=CC2(CC2)c2ncc(-c3cc4c(c([C@@H]5CCC([C@H](C)C6CC(c7ccc8c(c7)C(=O)OC8)c7cc(-c8cc9c(c([C@@H]%10CCCN%10)c8)COCC9)ccc76)N5)c3)CN(C(=O)c3ccnc(C)n3)CC4)cc21. The van der Waals surface area contributed by atoms with E-state index in [1.807, 2.05) is 11.8 Å². The summed E-state index contributed by atoms with van der Waals surface area (Å²) in [4.78, 5) is 43.0. The van der Waals surface area contributed by atoms with Crippen molar-refractivity contribution in [1.29, 1.82) is 0 Å². The first kappa shape index (κ1) is 44.4. The second-order valence-corrected chi connectivity index (χ2v) is 22.4. The highest BCUT2D eigenvalue weighted by molar-refractivity contribution is 5.94. The van der Waals surface area contributed by atoms with E-state index in [9.17, 15) is 9.59 Å². The number of hydrogen-bond donors (Lipinski definition) is 2. The number of esters is 1. The van der Waals surface area contributed by atoms with Gasteiger partial charge in [-0.1, -0.05) is 55.5 Å². The molecule has 0 radical (unpaired) electrons. The van der Waals surface area contributed by atoms with Gasteiger partial charge in [0, 0.05) is 71.6 Å². The largest absolute Gasteiger partial charge is 0.457 e. The average molecular weight is 955 g/mol. The van der Waals surface area contributed by atoms with Crippen molar-refractivity contribution in [2.24, 2.45) is 5.92 Å². The Hall–Kier alpha value is -6.33. The molecule has 2 saturated heterocycles. The van der Waals surface area contributed by atoms with Crippen molar-refractivity contribution in [2.45, 2.75) is 134 Å². The van der Waals surface area contributed by atoms with Crippen LogP contribution in [0.4, 0.5) is 0 Å². The third kappa shape index (κ3) is 7.41. The molecule has 1 saturated carbocycles. The van der Waals surface area contributed by atoms with Crippen molar-refractivity contribution in [3.05, 3.63) is 175 Å². The van der Waals surface area contributed by atoms with Crippen LogP contribution in [0.15, 0.2) is 91.3 Å². The van der Waals surface area contributed by atoms with Gasteiger partial charge < -0.3 is 25.0 Å². The maximum absolute atomic E-state index is 14.1. The number of fused-ring (bicyclic) bond motifs is 6. The number of carbonyl (C=O) groups excluding carboxylic acids is 2. The minimum absolute atomic E-state index is 0.0449. The predicted octanol–water partition coefficient (Wildman–Crippen LogP) is 11.1. The van der Waals surface area contributed by atoms with Gasteiger partial charge in [-0.15, -0.1) is 0 Å². The molecule has 2 N–H and O–H groups in total. The number of nitrogens with one attached hydrogen (secondary N) is 2. The molecule has 14 rings (SSSR count). The molecule has 364 valence electrons. The number of cyclic esters (lactones) is 1. The molecule has 3 unspecified atom stereocenters. The second kappa shape index (κ2) is 17.1. The van der Waals surface area contributed by atoms with Crippen LogP contribution in [0.5, 0.6) is 0 Å². The third-order valence-electron chi connectivity index (χ3n) is 18.3. The summed E-state index contributed by atoms with van der Waals surface area (Å²) in [6, 6.07) is 28.3. The van der Waals surface area contributed by atoms with Crippen molar-refractivity contribution < 1.29 is 19.1 Å². The lowest BCUT2D eigenvalue weighted by Crippen LogP contribution is -2.38. The Balaban J connectivity index is 0.805. The van der Waals surface area contributed by atoms with Crippen molar-refractivity contribution >= 4 is 17.4 Å². The highest BCUT2D eigenvalue weighted by Crippen LogP contribution is 2.57. The highest BCUT2D eigenvalue weighted by atomic mass is 16.5. The lowest BCUT2D eigenvalue weighted by Gasteiger charge is -2.33. The molecular weight excluding hydrogens is 893 g/mol. The van der Waals surface area contributed by atoms with E-state index in [0.717, 1.165) is 62.8 Å². The van der Waals surface area contributed by atoms with E-state index in [1.165, 1.54) is 103 Å². The number of amides is 1. The van der Waals surface area contributed by atoms with Crippen LogP contribution >= 0.6 is 0 Å². The molecule has 8 aliphatic rings. The zero-order valence-electron chi connectivity index (χ0n) is 41.7. The standard InChI is InChI=1S/C62H62N6O4/c1-34-29-62(15-16-62)59-46(34)27-44(30-65-59)43-21-39-13-19-68(60(69)58-12-18-63-36(3)66-58)31-53(39)51(26-43)57-11-10-55(67-57)35(2)47-28-48(38-6-7-41-32-72-61(70)49(41)24-38)50-23-37(8-9-45(47)50)42-22-40-14-20-71-33-54(40)52(25-42)56-5-4-17-64-56/h6-9,12,18,21-27,29-30,35,47-48,55-57,64,67H,4-5,10-11,13-17,19-20,28,31-33H2,1-3H3/t35-,47?,48?,55?,56+,57+/m1/s1. The fourth-order valence-corrected chi connectivity index (χ4v) is 14.2. The smallest absolute Gasteiger partial charge is 0.338 e. The molecule has 5 aliphatic heterocycles. The van der Waals surface area contributed by atoms with E-state index in [2.05, 4.69) is 113 Å². The zero-order chi connectivity index (χ0) is 48.4. The molecule has 0 bridgehead atoms. The fraction of sp³-hybridized carbons (Fsp3) is 0.403. The molecule has 2 aromatic heterocycles. The Bertz CT molecular complexity index is 3290. The third-order valence-corrected chi connectivity index (χ3v) is 18.3. The summed E-state index contributed by atoms with van der Waals surface area (Å²) in [6.07, 6.45) is 15.7. The van der Waals surface area contributed by atoms with E-state index in [1.54, 1.807) is 12.3 Å². The minimum atomic E-state index is -0.218. The highest BCUT2D eigenvalue weighted by Gasteiger charge is 2.49. The lowest BCUT2D eigenvalue weighted by atomic mass is 9.82. The summed E-state index contributed by atoms with van der Waals surface area (Å²) in [5.74, 6) is 1.12. The van der Waals surface area contributed by atoms with Crippen LogP contribution in [0.1, 0.15) is 176 Å². The topological polar surface area (TPSA) is 119 Å². The molecule has 1 amide bonds. The molecule has 3 fully saturated rings. The van der Waals surface area contributed by atoms with Crippen LogP contribution in [0.3, 0.4) is 0 Å². The van der Waals surface area contributed by atoms with Crippen LogP contribution < -0.4 is 10.6 Å². The molecule has 3 aliphatic carbocycles. The molecule has 6 atom stereocenters. The monoisotopic (exact) mass is 954 g/mol. The van der Waals surface area contributed by atoms with Crippen molar-refractivity contribution in [3.8, 4) is 22.3 Å². The van der Waals surface area contributed by atoms with Gasteiger partial charge in [0.1, 0.15) is 18.1 Å². The van der Waals surface area contributed by atoms with Gasteiger partial charge >= 0.3 is 5.97 Å². The van der Waals surface area contributed by atoms with Crippen LogP contribution in [-0.4, -0.2) is 57.5 Å². The Morgan fingerprint density at radius 1 is 0.792 bits per heavy atom. The summed E-state index contributed by atoms with van der Waals surface area (Å²) in [7, 11) is 0. The van der Waals surface area contributed by atoms with E-state index in [0.29, 0.717) is 61.3 Å². The fourth-order valence-electron chi connectivity index (χ4n) is 14.2. The summed E-state index contributed by atoms with van der Waals surface area (Å²) in [5.41, 5.74) is 23.1. The number of hydrogen-bond acceptors (Lipinski definition) is 9. The normalized spacial score (nSPS) is 24.6. The van der Waals surface area contributed by atoms with Crippen molar-refractivity contribution in [3.63, 3.8) is 0 Å². The number of allylic oxidation sites excluding steroid dienone is 2. The number of nitrogens with zero attached hydrogens (tertiary/aromatic N) is 4. The molecular formula is C62H62N6O4. The second-order valence-electron chi connectivity index (χ2n) is 22.4. The van der Waals surface area contributed by atoms with E-state index < -0.39 is 0 Å². The number of ether oxygens (including phenoxy) is 2. The lowest BCUT2D eigenvalue weighted by molar-refractivity contribution is 0.0534. The van der Waals surface area contributed by atoms with Gasteiger partial charge in [0.05, 0.1) is 24.5 Å².